The van der Waals surface area contributed by atoms with E-state index >= 15 is 0 Å². The molecule has 1 fully saturated rings. The monoisotopic (exact) mass is 1490 g/mol. The van der Waals surface area contributed by atoms with Crippen molar-refractivity contribution in [1.29, 1.82) is 0 Å². The van der Waals surface area contributed by atoms with Crippen LogP contribution in [0, 0.1) is 5.92 Å². The van der Waals surface area contributed by atoms with Crippen molar-refractivity contribution in [2.24, 2.45) is 17.4 Å². The number of urea groups is 1. The molecule has 6 rings (SSSR count). The number of nitrogens with zero attached hydrogens (tertiary/aromatic N) is 2. The van der Waals surface area contributed by atoms with E-state index in [0.29, 0.717) is 53.1 Å². The molecule has 0 radical (unpaired) electrons. The number of primary amides is 2. The van der Waals surface area contributed by atoms with E-state index in [1.165, 1.54) is 55.4 Å². The number of carbonyl (C=O) groups is 12. The summed E-state index contributed by atoms with van der Waals surface area (Å²) in [4.78, 5) is 173. The lowest BCUT2D eigenvalue weighted by Crippen LogP contribution is -2.61. The topological polar surface area (TPSA) is 446 Å². The Hall–Kier alpha value is -9.97. The first-order valence-corrected chi connectivity index (χ1v) is 35.5. The predicted molar refractivity (Wildman–Crippen MR) is 397 cm³/mol. The van der Waals surface area contributed by atoms with E-state index in [-0.39, 0.29) is 107 Å². The number of amides is 13. The van der Waals surface area contributed by atoms with Crippen LogP contribution in [0.2, 0.25) is 5.02 Å². The van der Waals surface area contributed by atoms with Crippen molar-refractivity contribution in [1.82, 2.24) is 68.4 Å². The van der Waals surface area contributed by atoms with E-state index < -0.39 is 138 Å². The summed E-state index contributed by atoms with van der Waals surface area (Å²) in [6, 6.07) is 14.4. The van der Waals surface area contributed by atoms with Crippen molar-refractivity contribution in [3.05, 3.63) is 143 Å². The van der Waals surface area contributed by atoms with Crippen LogP contribution in [0.15, 0.2) is 116 Å². The molecule has 13 amide bonds. The third-order valence-corrected chi connectivity index (χ3v) is 17.7. The summed E-state index contributed by atoms with van der Waals surface area (Å²) < 4.78 is 0. The van der Waals surface area contributed by atoms with Gasteiger partial charge in [0.1, 0.15) is 66.2 Å². The number of pyridine rings is 1. The Morgan fingerprint density at radius 1 is 0.543 bits per heavy atom. The number of aromatic nitrogens is 1. The lowest BCUT2D eigenvalue weighted by molar-refractivity contribution is -0.142. The highest BCUT2D eigenvalue weighted by Gasteiger charge is 2.40. The zero-order chi connectivity index (χ0) is 76.0. The largest absolute Gasteiger partial charge is 0.508 e. The summed E-state index contributed by atoms with van der Waals surface area (Å²) in [5, 5.41) is 53.5. The minimum atomic E-state index is -1.83. The lowest BCUT2D eigenvalue weighted by Gasteiger charge is -2.31. The molecule has 1 saturated heterocycles. The molecule has 1 aromatic heterocycles. The molecule has 5 aromatic rings. The minimum absolute atomic E-state index is 0. The molecule has 105 heavy (non-hydrogen) atoms. The second-order valence-electron chi connectivity index (χ2n) is 26.9. The smallest absolute Gasteiger partial charge is 0.312 e. The molecule has 0 aliphatic carbocycles. The number of phenolic OH excluding ortho intramolecular Hbond substituents is 1. The van der Waals surface area contributed by atoms with Crippen LogP contribution < -0.4 is 70.0 Å². The maximum Gasteiger partial charge on any atom is 0.312 e. The van der Waals surface area contributed by atoms with Gasteiger partial charge in [0.25, 0.3) is 0 Å². The number of rotatable bonds is 41. The molecule has 2 heterocycles. The highest BCUT2D eigenvalue weighted by Crippen LogP contribution is 2.23. The number of likely N-dealkylation sites (tertiary alicyclic amines) is 1. The van der Waals surface area contributed by atoms with Gasteiger partial charge in [-0.3, -0.25) is 57.7 Å². The lowest BCUT2D eigenvalue weighted by atomic mass is 9.99. The molecule has 1 aliphatic heterocycles. The van der Waals surface area contributed by atoms with Gasteiger partial charge in [-0.1, -0.05) is 112 Å². The molecule has 0 spiro atoms. The number of aliphatic hydroxyl groups excluding tert-OH is 1. The summed E-state index contributed by atoms with van der Waals surface area (Å²) in [6.45, 7) is 10.1. The number of halogens is 2. The minimum Gasteiger partial charge on any atom is -0.508 e. The Morgan fingerprint density at radius 2 is 1.03 bits per heavy atom. The van der Waals surface area contributed by atoms with Gasteiger partial charge in [-0.25, -0.2) is 4.79 Å². The summed E-state index contributed by atoms with van der Waals surface area (Å²) in [6.07, 6.45) is 4.59. The van der Waals surface area contributed by atoms with Crippen LogP contribution in [-0.2, 0) is 78.4 Å². The van der Waals surface area contributed by atoms with Crippen molar-refractivity contribution < 1.29 is 67.7 Å². The average molecular weight is 1500 g/mol. The molecule has 0 bridgehead atoms. The quantitative estimate of drug-likeness (QED) is 0.0250. The number of carbonyl (C=O) groups excluding carboxylic acids is 12. The average Bonchev–Trinajstić information content (AvgIpc) is 1.73. The van der Waals surface area contributed by atoms with Gasteiger partial charge in [-0.15, -0.1) is 12.4 Å². The van der Waals surface area contributed by atoms with Gasteiger partial charge in [-0.05, 0) is 141 Å². The highest BCUT2D eigenvalue weighted by molar-refractivity contribution is 6.30. The molecular formula is C74H101Cl2N15O14. The molecule has 0 saturated carbocycles. The summed E-state index contributed by atoms with van der Waals surface area (Å²) in [7, 11) is 0. The van der Waals surface area contributed by atoms with Gasteiger partial charge >= 0.3 is 6.03 Å². The van der Waals surface area contributed by atoms with E-state index in [2.05, 4.69) is 63.5 Å². The van der Waals surface area contributed by atoms with E-state index in [1.54, 1.807) is 50.2 Å². The zero-order valence-electron chi connectivity index (χ0n) is 60.0. The number of hydrogen-bond acceptors (Lipinski definition) is 16. The molecular weight excluding hydrogens is 1390 g/mol. The van der Waals surface area contributed by atoms with Gasteiger partial charge in [0.2, 0.25) is 65.0 Å². The maximum absolute atomic E-state index is 15.0. The molecule has 31 heteroatoms. The van der Waals surface area contributed by atoms with Gasteiger partial charge in [-0.2, -0.15) is 0 Å². The molecule has 570 valence electrons. The van der Waals surface area contributed by atoms with Crippen molar-refractivity contribution >= 4 is 106 Å². The third kappa shape index (κ3) is 28.9. The number of hydrogen-bond donors (Lipinski definition) is 15. The number of phenols is 1. The summed E-state index contributed by atoms with van der Waals surface area (Å²) in [5.74, 6) is -9.07. The summed E-state index contributed by atoms with van der Waals surface area (Å²) >= 11 is 6.24. The van der Waals surface area contributed by atoms with E-state index in [9.17, 15) is 67.7 Å². The molecule has 10 atom stereocenters. The third-order valence-electron chi connectivity index (χ3n) is 17.5. The SMILES string of the molecule is CC(=O)N[C@H](Cc1ccc2ccccc2c1)C(=O)N[C@H](Cc1ccc(Cl)cc1)C(=O)N[C@H](Cc1cccnc1)C(=O)N[C@@H](CO)C(=O)N[C@@H](Cc1ccc(O)cc1)C(=O)N[C@H](CCCCNC(N)=O)C(=O)N[C@@H](CC(C)C)C(=O)N[C@@H](CCCCNC(C)C)C(=O)N1CCC[C@H]1C(=O)N[C@H](C)C(N)=O.Cl. The van der Waals surface area contributed by atoms with Crippen LogP contribution >= 0.6 is 24.0 Å². The maximum atomic E-state index is 15.0. The molecule has 1 aliphatic rings. The fourth-order valence-electron chi connectivity index (χ4n) is 11.9. The van der Waals surface area contributed by atoms with Crippen LogP contribution in [-0.4, -0.2) is 184 Å². The summed E-state index contributed by atoms with van der Waals surface area (Å²) in [5.41, 5.74) is 12.8. The molecule has 4 aromatic carbocycles. The Morgan fingerprint density at radius 3 is 1.58 bits per heavy atom. The van der Waals surface area contributed by atoms with Crippen LogP contribution in [0.25, 0.3) is 10.8 Å². The number of nitrogens with one attached hydrogen (secondary N) is 11. The second-order valence-corrected chi connectivity index (χ2v) is 27.3. The van der Waals surface area contributed by atoms with Gasteiger partial charge < -0.3 is 85.1 Å². The van der Waals surface area contributed by atoms with Crippen LogP contribution in [0.3, 0.4) is 0 Å². The fourth-order valence-corrected chi connectivity index (χ4v) is 12.1. The first-order valence-electron chi connectivity index (χ1n) is 35.1. The van der Waals surface area contributed by atoms with E-state index in [0.717, 1.165) is 10.8 Å². The van der Waals surface area contributed by atoms with Gasteiger partial charge in [0.15, 0.2) is 0 Å². The van der Waals surface area contributed by atoms with Crippen molar-refractivity contribution in [2.45, 2.75) is 191 Å². The predicted octanol–water partition coefficient (Wildman–Crippen LogP) is 2.21. The number of fused-ring (bicyclic) bond motifs is 1. The van der Waals surface area contributed by atoms with Crippen molar-refractivity contribution in [3.63, 3.8) is 0 Å². The highest BCUT2D eigenvalue weighted by atomic mass is 35.5. The van der Waals surface area contributed by atoms with Gasteiger partial charge in [0.05, 0.1) is 6.61 Å². The van der Waals surface area contributed by atoms with Crippen LogP contribution in [0.5, 0.6) is 5.75 Å². The first-order chi connectivity index (χ1) is 49.6. The van der Waals surface area contributed by atoms with Gasteiger partial charge in [0, 0.05) is 69.2 Å². The fraction of sp³-hybridized carbons (Fsp3) is 0.473. The standard InChI is InChI=1S/C74H100ClN15O14.ClH/c1-43(2)35-57(66(96)84-56(19-10-11-32-79-44(3)4)73(103)90-34-14-20-63(90)72(102)81-45(5)64(76)94)85-65(95)55(18-9-12-33-80-74(77)104)83-68(98)59(38-48-24-29-54(93)30-25-48)88-71(101)62(42-91)89-70(100)61(40-50-15-13-31-78-41-50)87-69(99)60(37-47-22-27-53(75)28-23-47)86-67(97)58(82-46(6)92)39-49-21-26-51-16-7-8-17-52(51)36-49;/h7-8,13,15-17,21-31,36,41,43-45,55-63,79,91,93H,9-12,14,18-20,32-35,37-40,42H2,1-6H3,(H2,76,94)(H,81,102)(H,82,92)(H,83,98)(H,84,96)(H,85,95)(H,86,97)(H,87,99)(H,88,101)(H,89,100)(H3,77,80,104);1H/t45-,55-,56+,57+,58-,59+,60-,61-,62+,63+;/m1./s1. The first kappa shape index (κ1) is 85.7. The van der Waals surface area contributed by atoms with E-state index in [4.69, 9.17) is 23.1 Å². The van der Waals surface area contributed by atoms with Crippen molar-refractivity contribution in [2.75, 3.05) is 26.2 Å². The molecule has 17 N–H and O–H groups in total. The Kier molecular flexibility index (Phi) is 35.4. The number of benzene rings is 4. The Balaban J connectivity index is 0.0000198. The van der Waals surface area contributed by atoms with E-state index in [1.807, 2.05) is 56.3 Å². The van der Waals surface area contributed by atoms with Crippen LogP contribution in [0.4, 0.5) is 4.79 Å². The number of nitrogens with two attached hydrogens (primary N) is 2. The molecule has 0 unspecified atom stereocenters. The Bertz CT molecular complexity index is 3740. The van der Waals surface area contributed by atoms with Crippen LogP contribution in [0.1, 0.15) is 122 Å². The number of aromatic hydroxyl groups is 1. The number of unbranched alkanes of at least 4 members (excludes halogenated alkanes) is 2. The second kappa shape index (κ2) is 43.3. The number of aliphatic hydroxyl groups is 1. The zero-order valence-corrected chi connectivity index (χ0v) is 61.6. The van der Waals surface area contributed by atoms with Crippen molar-refractivity contribution in [3.8, 4) is 5.75 Å². The Labute approximate surface area is 622 Å². The molecule has 29 nitrogen and oxygen atoms in total. The normalized spacial score (nSPS) is 15.1.